The molecule has 0 saturated carbocycles. The van der Waals surface area contributed by atoms with Gasteiger partial charge in [-0.1, -0.05) is 6.07 Å². The van der Waals surface area contributed by atoms with Crippen LogP contribution in [0.2, 0.25) is 0 Å². The standard InChI is InChI=1S/C17H17F3N8O2/c1-25-15(17(18,19)20)22-28(16(25)30)12-5-7-26(8-6-12)14(29)11-3-2-4-13(9-11)27-10-21-23-24-27/h2-4,9-10,12H,5-8H2,1H3. The van der Waals surface area contributed by atoms with Crippen molar-refractivity contribution in [1.82, 2.24) is 39.5 Å². The van der Waals surface area contributed by atoms with Gasteiger partial charge < -0.3 is 4.90 Å². The van der Waals surface area contributed by atoms with Crippen molar-refractivity contribution < 1.29 is 18.0 Å². The Morgan fingerprint density at radius 1 is 1.20 bits per heavy atom. The topological polar surface area (TPSA) is 104 Å². The first-order chi connectivity index (χ1) is 14.3. The second-order valence-corrected chi connectivity index (χ2v) is 6.94. The van der Waals surface area contributed by atoms with Gasteiger partial charge in [0.15, 0.2) is 0 Å². The molecule has 0 unspecified atom stereocenters. The lowest BCUT2D eigenvalue weighted by Gasteiger charge is -2.31. The number of carbonyl (C=O) groups excluding carboxylic acids is 1. The van der Waals surface area contributed by atoms with Gasteiger partial charge in [0.25, 0.3) is 5.91 Å². The molecule has 2 aromatic heterocycles. The third-order valence-corrected chi connectivity index (χ3v) is 5.06. The minimum Gasteiger partial charge on any atom is -0.338 e. The number of aromatic nitrogens is 7. The van der Waals surface area contributed by atoms with Crippen LogP contribution < -0.4 is 5.69 Å². The number of nitrogens with zero attached hydrogens (tertiary/aromatic N) is 8. The van der Waals surface area contributed by atoms with E-state index in [-0.39, 0.29) is 5.91 Å². The van der Waals surface area contributed by atoms with Gasteiger partial charge in [-0.05, 0) is 41.5 Å². The van der Waals surface area contributed by atoms with E-state index in [1.54, 1.807) is 29.2 Å². The Kier molecular flexibility index (Phi) is 4.87. The summed E-state index contributed by atoms with van der Waals surface area (Å²) in [4.78, 5) is 26.6. The van der Waals surface area contributed by atoms with Crippen LogP contribution in [0.4, 0.5) is 13.2 Å². The number of halogens is 3. The van der Waals surface area contributed by atoms with Gasteiger partial charge >= 0.3 is 11.9 Å². The van der Waals surface area contributed by atoms with Crippen molar-refractivity contribution in [2.75, 3.05) is 13.1 Å². The van der Waals surface area contributed by atoms with Crippen LogP contribution in [0.3, 0.4) is 0 Å². The molecule has 1 aromatic carbocycles. The number of rotatable bonds is 3. The molecule has 0 radical (unpaired) electrons. The smallest absolute Gasteiger partial charge is 0.338 e. The molecule has 4 rings (SSSR count). The maximum atomic E-state index is 13.0. The van der Waals surface area contributed by atoms with Crippen LogP contribution in [0.25, 0.3) is 5.69 Å². The summed E-state index contributed by atoms with van der Waals surface area (Å²) in [5.41, 5.74) is 0.248. The average molecular weight is 422 g/mol. The summed E-state index contributed by atoms with van der Waals surface area (Å²) in [6.45, 7) is 0.589. The van der Waals surface area contributed by atoms with Crippen LogP contribution >= 0.6 is 0 Å². The molecule has 1 saturated heterocycles. The lowest BCUT2D eigenvalue weighted by Crippen LogP contribution is -2.41. The molecule has 1 aliphatic heterocycles. The molecule has 1 amide bonds. The monoisotopic (exact) mass is 422 g/mol. The number of benzene rings is 1. The molecule has 0 spiro atoms. The quantitative estimate of drug-likeness (QED) is 0.625. The van der Waals surface area contributed by atoms with Gasteiger partial charge in [0.1, 0.15) is 6.33 Å². The number of carbonyl (C=O) groups is 1. The molecule has 0 bridgehead atoms. The van der Waals surface area contributed by atoms with Crippen LogP contribution in [0.15, 0.2) is 35.4 Å². The van der Waals surface area contributed by atoms with Gasteiger partial charge in [-0.2, -0.15) is 13.2 Å². The van der Waals surface area contributed by atoms with E-state index in [9.17, 15) is 22.8 Å². The summed E-state index contributed by atoms with van der Waals surface area (Å²) in [6, 6.07) is 6.29. The Morgan fingerprint density at radius 2 is 1.93 bits per heavy atom. The first kappa shape index (κ1) is 19.8. The lowest BCUT2D eigenvalue weighted by atomic mass is 10.0. The molecular formula is C17H17F3N8O2. The van der Waals surface area contributed by atoms with Gasteiger partial charge in [0.05, 0.1) is 11.7 Å². The van der Waals surface area contributed by atoms with Gasteiger partial charge in [0, 0.05) is 25.7 Å². The number of tetrazole rings is 1. The molecule has 3 aromatic rings. The molecule has 10 nitrogen and oxygen atoms in total. The SMILES string of the molecule is Cn1c(C(F)(F)F)nn(C2CCN(C(=O)c3cccc(-n4cnnn4)c3)CC2)c1=O. The minimum absolute atomic E-state index is 0.215. The fourth-order valence-electron chi connectivity index (χ4n) is 3.50. The summed E-state index contributed by atoms with van der Waals surface area (Å²) in [5.74, 6) is -1.45. The van der Waals surface area contributed by atoms with E-state index in [2.05, 4.69) is 20.6 Å². The zero-order valence-corrected chi connectivity index (χ0v) is 15.8. The summed E-state index contributed by atoms with van der Waals surface area (Å²) in [6.07, 6.45) is -2.64. The molecular weight excluding hydrogens is 405 g/mol. The fraction of sp³-hybridized carbons (Fsp3) is 0.412. The predicted molar refractivity (Wildman–Crippen MR) is 95.8 cm³/mol. The van der Waals surface area contributed by atoms with Crippen molar-refractivity contribution >= 4 is 5.91 Å². The second-order valence-electron chi connectivity index (χ2n) is 6.94. The molecule has 1 fully saturated rings. The number of hydrogen-bond acceptors (Lipinski definition) is 6. The highest BCUT2D eigenvalue weighted by molar-refractivity contribution is 5.94. The van der Waals surface area contributed by atoms with Crippen LogP contribution in [-0.4, -0.2) is 58.5 Å². The third-order valence-electron chi connectivity index (χ3n) is 5.06. The highest BCUT2D eigenvalue weighted by Gasteiger charge is 2.39. The van der Waals surface area contributed by atoms with E-state index in [0.717, 1.165) is 11.7 Å². The lowest BCUT2D eigenvalue weighted by molar-refractivity contribution is -0.147. The van der Waals surface area contributed by atoms with Crippen molar-refractivity contribution in [3.8, 4) is 5.69 Å². The minimum atomic E-state index is -4.71. The molecule has 0 atom stereocenters. The molecule has 13 heteroatoms. The van der Waals surface area contributed by atoms with Crippen LogP contribution in [-0.2, 0) is 13.2 Å². The van der Waals surface area contributed by atoms with Crippen molar-refractivity contribution in [3.63, 3.8) is 0 Å². The summed E-state index contributed by atoms with van der Waals surface area (Å²) >= 11 is 0. The Morgan fingerprint density at radius 3 is 2.53 bits per heavy atom. The number of piperidine rings is 1. The van der Waals surface area contributed by atoms with Gasteiger partial charge in [-0.25, -0.2) is 14.2 Å². The van der Waals surface area contributed by atoms with Crippen LogP contribution in [0.5, 0.6) is 0 Å². The molecule has 0 aliphatic carbocycles. The normalized spacial score (nSPS) is 15.5. The Bertz CT molecular complexity index is 1110. The molecule has 1 aliphatic rings. The molecule has 3 heterocycles. The number of likely N-dealkylation sites (tertiary alicyclic amines) is 1. The first-order valence-corrected chi connectivity index (χ1v) is 9.11. The van der Waals surface area contributed by atoms with Crippen molar-refractivity contribution in [2.24, 2.45) is 7.05 Å². The maximum Gasteiger partial charge on any atom is 0.451 e. The van der Waals surface area contributed by atoms with Crippen LogP contribution in [0.1, 0.15) is 35.1 Å². The van der Waals surface area contributed by atoms with Crippen molar-refractivity contribution in [2.45, 2.75) is 25.1 Å². The summed E-state index contributed by atoms with van der Waals surface area (Å²) in [7, 11) is 1.05. The predicted octanol–water partition coefficient (Wildman–Crippen LogP) is 1.05. The highest BCUT2D eigenvalue weighted by Crippen LogP contribution is 2.28. The average Bonchev–Trinajstić information content (AvgIpc) is 3.37. The fourth-order valence-corrected chi connectivity index (χ4v) is 3.50. The largest absolute Gasteiger partial charge is 0.451 e. The highest BCUT2D eigenvalue weighted by atomic mass is 19.4. The van der Waals surface area contributed by atoms with E-state index in [1.807, 2.05) is 0 Å². The molecule has 30 heavy (non-hydrogen) atoms. The maximum absolute atomic E-state index is 13.0. The van der Waals surface area contributed by atoms with Gasteiger partial charge in [0.2, 0.25) is 5.82 Å². The van der Waals surface area contributed by atoms with Crippen molar-refractivity contribution in [1.29, 1.82) is 0 Å². The van der Waals surface area contributed by atoms with E-state index in [1.165, 1.54) is 11.0 Å². The van der Waals surface area contributed by atoms with E-state index >= 15 is 0 Å². The van der Waals surface area contributed by atoms with Crippen LogP contribution in [0, 0.1) is 0 Å². The zero-order chi connectivity index (χ0) is 21.5. The number of hydrogen-bond donors (Lipinski definition) is 0. The second kappa shape index (κ2) is 7.39. The zero-order valence-electron chi connectivity index (χ0n) is 15.8. The van der Waals surface area contributed by atoms with E-state index in [4.69, 9.17) is 0 Å². The molecule has 158 valence electrons. The summed E-state index contributed by atoms with van der Waals surface area (Å²) < 4.78 is 41.8. The van der Waals surface area contributed by atoms with Crippen molar-refractivity contribution in [3.05, 3.63) is 52.5 Å². The first-order valence-electron chi connectivity index (χ1n) is 9.11. The van der Waals surface area contributed by atoms with Gasteiger partial charge in [-0.15, -0.1) is 10.2 Å². The molecule has 0 N–H and O–H groups in total. The third kappa shape index (κ3) is 3.57. The van der Waals surface area contributed by atoms with E-state index < -0.39 is 23.7 Å². The Hall–Kier alpha value is -3.51. The number of alkyl halides is 3. The Balaban J connectivity index is 1.47. The van der Waals surface area contributed by atoms with Gasteiger partial charge in [-0.3, -0.25) is 9.36 Å². The van der Waals surface area contributed by atoms with E-state index in [0.29, 0.717) is 41.7 Å². The Labute approximate surface area is 167 Å². The summed E-state index contributed by atoms with van der Waals surface area (Å²) in [5, 5.41) is 14.4. The number of amides is 1.